The Kier molecular flexibility index (Phi) is 27.3. The van der Waals surface area contributed by atoms with Crippen LogP contribution in [0.2, 0.25) is 0 Å². The third-order valence-electron chi connectivity index (χ3n) is 3.84. The Hall–Kier alpha value is 1.54. The minimum absolute atomic E-state index is 0. The van der Waals surface area contributed by atoms with Crippen molar-refractivity contribution in [3.05, 3.63) is 0 Å². The van der Waals surface area contributed by atoms with E-state index in [0.29, 0.717) is 6.42 Å². The van der Waals surface area contributed by atoms with Crippen LogP contribution in [-0.2, 0) is 18.4 Å². The molecule has 154 valence electrons. The van der Waals surface area contributed by atoms with E-state index >= 15 is 0 Å². The van der Waals surface area contributed by atoms with Gasteiger partial charge < -0.3 is 14.7 Å². The van der Waals surface area contributed by atoms with E-state index in [1.807, 2.05) is 0 Å². The molecule has 0 bridgehead atoms. The molecular weight excluding hydrogens is 393 g/mol. The predicted molar refractivity (Wildman–Crippen MR) is 110 cm³/mol. The summed E-state index contributed by atoms with van der Waals surface area (Å²) in [5, 5.41) is 17.6. The first kappa shape index (κ1) is 33.2. The summed E-state index contributed by atoms with van der Waals surface area (Å²) in [5.74, 6) is -0.791. The molecule has 10 heteroatoms. The van der Waals surface area contributed by atoms with E-state index in [-0.39, 0.29) is 65.5 Å². The Balaban J connectivity index is -0.00000288. The van der Waals surface area contributed by atoms with Gasteiger partial charge in [0.1, 0.15) is 6.10 Å². The maximum atomic E-state index is 11.5. The normalized spacial score (nSPS) is 13.8. The summed E-state index contributed by atoms with van der Waals surface area (Å²) in [6.45, 7) is 1.03. The third-order valence-corrected chi connectivity index (χ3v) is 4.75. The van der Waals surface area contributed by atoms with Crippen LogP contribution >= 0.6 is 7.82 Å². The SMILES string of the molecule is CCCCCCCCCCCCCC(=O)OP(=O)(O)OCC(O)CO.[NaH].[NaH]. The number of aliphatic hydroxyl groups excluding tert-OH is 2. The summed E-state index contributed by atoms with van der Waals surface area (Å²) in [7, 11) is -4.52. The van der Waals surface area contributed by atoms with Gasteiger partial charge in [-0.2, -0.15) is 0 Å². The molecule has 7 nitrogen and oxygen atoms in total. The topological polar surface area (TPSA) is 113 Å². The Bertz CT molecular complexity index is 386. The van der Waals surface area contributed by atoms with Gasteiger partial charge in [-0.15, -0.1) is 0 Å². The van der Waals surface area contributed by atoms with Crippen LogP contribution in [0.5, 0.6) is 0 Å². The van der Waals surface area contributed by atoms with Gasteiger partial charge in [-0.1, -0.05) is 71.1 Å². The summed E-state index contributed by atoms with van der Waals surface area (Å²) < 4.78 is 20.2. The fourth-order valence-electron chi connectivity index (χ4n) is 2.37. The average molecular weight is 430 g/mol. The quantitative estimate of drug-likeness (QED) is 0.184. The first-order valence-corrected chi connectivity index (χ1v) is 10.9. The molecule has 3 N–H and O–H groups in total. The van der Waals surface area contributed by atoms with E-state index in [0.717, 1.165) is 19.3 Å². The molecule has 0 aromatic carbocycles. The zero-order valence-corrected chi connectivity index (χ0v) is 16.3. The summed E-state index contributed by atoms with van der Waals surface area (Å²) in [5.41, 5.74) is 0. The van der Waals surface area contributed by atoms with Crippen molar-refractivity contribution in [1.82, 2.24) is 0 Å². The Labute approximate surface area is 208 Å². The number of hydrogen-bond donors (Lipinski definition) is 3. The molecule has 0 saturated carbocycles. The molecule has 0 aromatic heterocycles. The van der Waals surface area contributed by atoms with Crippen LogP contribution in [0.3, 0.4) is 0 Å². The molecule has 0 fully saturated rings. The number of unbranched alkanes of at least 4 members (excludes halogenated alkanes) is 10. The molecule has 27 heavy (non-hydrogen) atoms. The van der Waals surface area contributed by atoms with Gasteiger partial charge >= 0.3 is 72.9 Å². The molecular formula is C17H37Na2O7P. The zero-order valence-electron chi connectivity index (χ0n) is 15.4. The summed E-state index contributed by atoms with van der Waals surface area (Å²) in [4.78, 5) is 20.8. The Morgan fingerprint density at radius 3 is 1.81 bits per heavy atom. The maximum absolute atomic E-state index is 11.5. The number of carbonyl (C=O) groups excluding carboxylic acids is 1. The fraction of sp³-hybridized carbons (Fsp3) is 0.941. The standard InChI is InChI=1S/C17H35O7P.2Na.2H/c1-2-3-4-5-6-7-8-9-10-11-12-13-17(20)24-25(21,22)23-15-16(19)14-18;;;;/h16,18-19H,2-15H2,1H3,(H,21,22);;;;. The van der Waals surface area contributed by atoms with Gasteiger partial charge in [0.25, 0.3) is 0 Å². The van der Waals surface area contributed by atoms with E-state index < -0.39 is 33.1 Å². The molecule has 0 saturated heterocycles. The second kappa shape index (κ2) is 22.2. The second-order valence-corrected chi connectivity index (χ2v) is 7.73. The van der Waals surface area contributed by atoms with Gasteiger partial charge in [0.2, 0.25) is 0 Å². The Morgan fingerprint density at radius 2 is 1.37 bits per heavy atom. The zero-order chi connectivity index (χ0) is 19.0. The monoisotopic (exact) mass is 430 g/mol. The van der Waals surface area contributed by atoms with Crippen LogP contribution in [0.25, 0.3) is 0 Å². The molecule has 0 heterocycles. The summed E-state index contributed by atoms with van der Waals surface area (Å²) >= 11 is 0. The van der Waals surface area contributed by atoms with Crippen LogP contribution in [0.4, 0.5) is 0 Å². The molecule has 0 spiro atoms. The van der Waals surface area contributed by atoms with Crippen LogP contribution < -0.4 is 0 Å². The van der Waals surface area contributed by atoms with Gasteiger partial charge in [0.05, 0.1) is 13.2 Å². The molecule has 2 unspecified atom stereocenters. The number of rotatable bonds is 17. The van der Waals surface area contributed by atoms with Crippen molar-refractivity contribution < 1.29 is 33.5 Å². The number of phosphoric ester groups is 1. The number of aliphatic hydroxyl groups is 2. The first-order chi connectivity index (χ1) is 11.9. The number of phosphoric acid groups is 1. The minimum atomic E-state index is -4.52. The van der Waals surface area contributed by atoms with Crippen LogP contribution in [-0.4, -0.2) is 99.5 Å². The van der Waals surface area contributed by atoms with Crippen LogP contribution in [0, 0.1) is 0 Å². The van der Waals surface area contributed by atoms with Crippen molar-refractivity contribution in [1.29, 1.82) is 0 Å². The molecule has 0 aliphatic heterocycles. The van der Waals surface area contributed by atoms with E-state index in [1.54, 1.807) is 0 Å². The number of hydrogen-bond acceptors (Lipinski definition) is 6. The van der Waals surface area contributed by atoms with Crippen LogP contribution in [0.15, 0.2) is 0 Å². The van der Waals surface area contributed by atoms with E-state index in [4.69, 9.17) is 10.2 Å². The third kappa shape index (κ3) is 23.7. The Morgan fingerprint density at radius 1 is 0.926 bits per heavy atom. The molecule has 0 aliphatic carbocycles. The predicted octanol–water partition coefficient (Wildman–Crippen LogP) is 2.40. The average Bonchev–Trinajstić information content (AvgIpc) is 2.57. The molecule has 0 aliphatic rings. The molecule has 0 aromatic rings. The molecule has 2 atom stereocenters. The van der Waals surface area contributed by atoms with Crippen molar-refractivity contribution in [2.24, 2.45) is 0 Å². The summed E-state index contributed by atoms with van der Waals surface area (Å²) in [6, 6.07) is 0. The van der Waals surface area contributed by atoms with E-state index in [2.05, 4.69) is 16.0 Å². The van der Waals surface area contributed by atoms with Crippen molar-refractivity contribution in [3.63, 3.8) is 0 Å². The van der Waals surface area contributed by atoms with Crippen molar-refractivity contribution in [2.75, 3.05) is 13.2 Å². The van der Waals surface area contributed by atoms with Gasteiger partial charge in [0, 0.05) is 6.42 Å². The van der Waals surface area contributed by atoms with Gasteiger partial charge in [-0.25, -0.2) is 4.57 Å². The molecule has 0 amide bonds. The van der Waals surface area contributed by atoms with Gasteiger partial charge in [-0.3, -0.25) is 14.2 Å². The first-order valence-electron chi connectivity index (χ1n) is 9.40. The van der Waals surface area contributed by atoms with E-state index in [9.17, 15) is 14.3 Å². The fourth-order valence-corrected chi connectivity index (χ4v) is 3.13. The second-order valence-electron chi connectivity index (χ2n) is 6.35. The van der Waals surface area contributed by atoms with Gasteiger partial charge in [0.15, 0.2) is 0 Å². The van der Waals surface area contributed by atoms with Crippen molar-refractivity contribution >= 4 is 72.9 Å². The van der Waals surface area contributed by atoms with E-state index in [1.165, 1.54) is 44.9 Å². The van der Waals surface area contributed by atoms with Gasteiger partial charge in [-0.05, 0) is 6.42 Å². The van der Waals surface area contributed by atoms with Crippen molar-refractivity contribution in [3.8, 4) is 0 Å². The molecule has 0 rings (SSSR count). The van der Waals surface area contributed by atoms with Crippen LogP contribution in [0.1, 0.15) is 84.0 Å². The molecule has 0 radical (unpaired) electrons. The summed E-state index contributed by atoms with van der Waals surface area (Å²) in [6.07, 6.45) is 11.5. The number of carbonyl (C=O) groups is 1. The van der Waals surface area contributed by atoms with Crippen molar-refractivity contribution in [2.45, 2.75) is 90.1 Å².